The molecular weight excluding hydrogens is 192 g/mol. The van der Waals surface area contributed by atoms with Crippen molar-refractivity contribution in [1.29, 1.82) is 0 Å². The van der Waals surface area contributed by atoms with Gasteiger partial charge in [0.1, 0.15) is 5.01 Å². The molecule has 0 unspecified atom stereocenters. The van der Waals surface area contributed by atoms with Gasteiger partial charge in [0.2, 0.25) is 0 Å². The summed E-state index contributed by atoms with van der Waals surface area (Å²) < 4.78 is 1.23. The van der Waals surface area contributed by atoms with E-state index in [0.717, 1.165) is 17.1 Å². The van der Waals surface area contributed by atoms with Gasteiger partial charge in [-0.3, -0.25) is 5.32 Å². The number of aromatic nitrogens is 1. The largest absolute Gasteiger partial charge is 0.300 e. The Morgan fingerprint density at radius 3 is 3.07 bits per heavy atom. The van der Waals surface area contributed by atoms with Gasteiger partial charge >= 0.3 is 0 Å². The second-order valence-electron chi connectivity index (χ2n) is 2.88. The first-order valence-electron chi connectivity index (χ1n) is 4.39. The molecule has 0 radical (unpaired) electrons. The molecule has 0 aliphatic rings. The number of rotatable bonds is 3. The quantitative estimate of drug-likeness (QED) is 0.608. The zero-order chi connectivity index (χ0) is 9.80. The van der Waals surface area contributed by atoms with Crippen molar-refractivity contribution in [3.8, 4) is 12.3 Å². The van der Waals surface area contributed by atoms with Crippen molar-refractivity contribution >= 4 is 21.6 Å². The molecule has 0 saturated heterocycles. The van der Waals surface area contributed by atoms with Crippen molar-refractivity contribution in [2.75, 3.05) is 6.54 Å². The molecular formula is C11H10N2S. The monoisotopic (exact) mass is 202 g/mol. The Balaban J connectivity index is 2.15. The molecule has 0 saturated carbocycles. The first-order valence-corrected chi connectivity index (χ1v) is 5.20. The number of thiazole rings is 1. The molecule has 1 heterocycles. The summed E-state index contributed by atoms with van der Waals surface area (Å²) in [6.45, 7) is 1.35. The van der Waals surface area contributed by atoms with Gasteiger partial charge in [-0.15, -0.1) is 17.8 Å². The van der Waals surface area contributed by atoms with Gasteiger partial charge in [0.05, 0.1) is 16.8 Å². The first kappa shape index (κ1) is 9.20. The minimum Gasteiger partial charge on any atom is -0.300 e. The maximum atomic E-state index is 5.14. The van der Waals surface area contributed by atoms with E-state index in [1.165, 1.54) is 4.70 Å². The maximum Gasteiger partial charge on any atom is 0.108 e. The van der Waals surface area contributed by atoms with E-state index in [1.54, 1.807) is 11.3 Å². The minimum atomic E-state index is 0.593. The Hall–Kier alpha value is -1.37. The number of hydrogen-bond acceptors (Lipinski definition) is 3. The number of fused-ring (bicyclic) bond motifs is 1. The molecule has 70 valence electrons. The van der Waals surface area contributed by atoms with E-state index in [9.17, 15) is 0 Å². The van der Waals surface area contributed by atoms with Gasteiger partial charge in [0.25, 0.3) is 0 Å². The summed E-state index contributed by atoms with van der Waals surface area (Å²) in [5.41, 5.74) is 1.06. The summed E-state index contributed by atoms with van der Waals surface area (Å²) in [6.07, 6.45) is 5.14. The van der Waals surface area contributed by atoms with Crippen molar-refractivity contribution in [3.05, 3.63) is 29.3 Å². The second kappa shape index (κ2) is 4.23. The van der Waals surface area contributed by atoms with Gasteiger partial charge in [0, 0.05) is 6.54 Å². The van der Waals surface area contributed by atoms with E-state index in [2.05, 4.69) is 22.3 Å². The highest BCUT2D eigenvalue weighted by Crippen LogP contribution is 2.20. The zero-order valence-corrected chi connectivity index (χ0v) is 8.47. The molecule has 2 aromatic rings. The van der Waals surface area contributed by atoms with Crippen LogP contribution in [0.25, 0.3) is 10.2 Å². The SMILES string of the molecule is C#CCNCc1nc2ccccc2s1. The van der Waals surface area contributed by atoms with Crippen LogP contribution >= 0.6 is 11.3 Å². The third-order valence-electron chi connectivity index (χ3n) is 1.84. The molecule has 14 heavy (non-hydrogen) atoms. The normalized spacial score (nSPS) is 10.2. The fourth-order valence-electron chi connectivity index (χ4n) is 1.24. The summed E-state index contributed by atoms with van der Waals surface area (Å²) in [5, 5.41) is 4.21. The molecule has 0 atom stereocenters. The Kier molecular flexibility index (Phi) is 2.78. The van der Waals surface area contributed by atoms with Crippen LogP contribution in [0.2, 0.25) is 0 Å². The van der Waals surface area contributed by atoms with E-state index in [0.29, 0.717) is 6.54 Å². The van der Waals surface area contributed by atoms with Crippen LogP contribution in [-0.4, -0.2) is 11.5 Å². The molecule has 0 bridgehead atoms. The third kappa shape index (κ3) is 1.92. The van der Waals surface area contributed by atoms with E-state index in [4.69, 9.17) is 6.42 Å². The number of nitrogens with one attached hydrogen (secondary N) is 1. The first-order chi connectivity index (χ1) is 6.90. The Bertz CT molecular complexity index is 434. The number of nitrogens with zero attached hydrogens (tertiary/aromatic N) is 1. The van der Waals surface area contributed by atoms with Crippen LogP contribution in [0.1, 0.15) is 5.01 Å². The zero-order valence-electron chi connectivity index (χ0n) is 7.66. The van der Waals surface area contributed by atoms with Gasteiger partial charge in [-0.1, -0.05) is 18.1 Å². The number of hydrogen-bond donors (Lipinski definition) is 1. The van der Waals surface area contributed by atoms with E-state index < -0.39 is 0 Å². The Morgan fingerprint density at radius 2 is 2.29 bits per heavy atom. The molecule has 1 aromatic carbocycles. The van der Waals surface area contributed by atoms with Crippen molar-refractivity contribution in [3.63, 3.8) is 0 Å². The molecule has 0 aliphatic heterocycles. The summed E-state index contributed by atoms with van der Waals surface area (Å²) in [4.78, 5) is 4.47. The third-order valence-corrected chi connectivity index (χ3v) is 2.88. The number of para-hydroxylation sites is 1. The van der Waals surface area contributed by atoms with Gasteiger partial charge in [-0.05, 0) is 12.1 Å². The summed E-state index contributed by atoms with van der Waals surface area (Å²) >= 11 is 1.71. The van der Waals surface area contributed by atoms with Gasteiger partial charge in [-0.25, -0.2) is 4.98 Å². The highest BCUT2D eigenvalue weighted by atomic mass is 32.1. The average molecular weight is 202 g/mol. The lowest BCUT2D eigenvalue weighted by molar-refractivity contribution is 0.766. The van der Waals surface area contributed by atoms with Crippen molar-refractivity contribution in [1.82, 2.24) is 10.3 Å². The Labute approximate surface area is 87.0 Å². The summed E-state index contributed by atoms with van der Waals surface area (Å²) in [6, 6.07) is 8.13. The average Bonchev–Trinajstić information content (AvgIpc) is 2.60. The molecule has 2 nitrogen and oxygen atoms in total. The summed E-state index contributed by atoms with van der Waals surface area (Å²) in [7, 11) is 0. The van der Waals surface area contributed by atoms with Crippen LogP contribution in [-0.2, 0) is 6.54 Å². The lowest BCUT2D eigenvalue weighted by Crippen LogP contribution is -2.12. The predicted molar refractivity (Wildman–Crippen MR) is 60.2 cm³/mol. The molecule has 1 N–H and O–H groups in total. The lowest BCUT2D eigenvalue weighted by atomic mass is 10.3. The molecule has 0 spiro atoms. The molecule has 1 aromatic heterocycles. The topological polar surface area (TPSA) is 24.9 Å². The molecule has 2 rings (SSSR count). The standard InChI is InChI=1S/C11H10N2S/c1-2-7-12-8-11-13-9-5-3-4-6-10(9)14-11/h1,3-6,12H,7-8H2. The highest BCUT2D eigenvalue weighted by molar-refractivity contribution is 7.18. The van der Waals surface area contributed by atoms with Crippen LogP contribution in [0.4, 0.5) is 0 Å². The van der Waals surface area contributed by atoms with Crippen LogP contribution in [0, 0.1) is 12.3 Å². The maximum absolute atomic E-state index is 5.14. The van der Waals surface area contributed by atoms with Crippen LogP contribution in [0.15, 0.2) is 24.3 Å². The van der Waals surface area contributed by atoms with E-state index in [1.807, 2.05) is 18.2 Å². The molecule has 3 heteroatoms. The minimum absolute atomic E-state index is 0.593. The van der Waals surface area contributed by atoms with Gasteiger partial charge < -0.3 is 0 Å². The molecule has 0 amide bonds. The lowest BCUT2D eigenvalue weighted by Gasteiger charge is -1.93. The second-order valence-corrected chi connectivity index (χ2v) is 4.00. The number of benzene rings is 1. The van der Waals surface area contributed by atoms with Crippen molar-refractivity contribution < 1.29 is 0 Å². The van der Waals surface area contributed by atoms with Crippen LogP contribution in [0.5, 0.6) is 0 Å². The van der Waals surface area contributed by atoms with Crippen LogP contribution < -0.4 is 5.32 Å². The van der Waals surface area contributed by atoms with E-state index in [-0.39, 0.29) is 0 Å². The Morgan fingerprint density at radius 1 is 1.43 bits per heavy atom. The van der Waals surface area contributed by atoms with Gasteiger partial charge in [-0.2, -0.15) is 0 Å². The van der Waals surface area contributed by atoms with E-state index >= 15 is 0 Å². The van der Waals surface area contributed by atoms with Crippen molar-refractivity contribution in [2.24, 2.45) is 0 Å². The highest BCUT2D eigenvalue weighted by Gasteiger charge is 2.01. The van der Waals surface area contributed by atoms with Crippen LogP contribution in [0.3, 0.4) is 0 Å². The smallest absolute Gasteiger partial charge is 0.108 e. The molecule has 0 aliphatic carbocycles. The number of terminal acetylenes is 1. The molecule has 0 fully saturated rings. The fraction of sp³-hybridized carbons (Fsp3) is 0.182. The van der Waals surface area contributed by atoms with Crippen molar-refractivity contribution in [2.45, 2.75) is 6.54 Å². The predicted octanol–water partition coefficient (Wildman–Crippen LogP) is 2.02. The fourth-order valence-corrected chi connectivity index (χ4v) is 2.17. The van der Waals surface area contributed by atoms with Gasteiger partial charge in [0.15, 0.2) is 0 Å². The summed E-state index contributed by atoms with van der Waals surface area (Å²) in [5.74, 6) is 2.54.